The fraction of sp³-hybridized carbons (Fsp3) is 0.696. The molecular weight excluding hydrogens is 404 g/mol. The summed E-state index contributed by atoms with van der Waals surface area (Å²) in [5, 5.41) is 0.414. The highest BCUT2D eigenvalue weighted by Crippen LogP contribution is 2.37. The van der Waals surface area contributed by atoms with Crippen LogP contribution in [0, 0.1) is 5.92 Å². The summed E-state index contributed by atoms with van der Waals surface area (Å²) in [5.41, 5.74) is 0.551. The number of carbonyl (C=O) groups excluding carboxylic acids is 1. The predicted octanol–water partition coefficient (Wildman–Crippen LogP) is 4.10. The number of hydrogen-bond acceptors (Lipinski definition) is 5. The van der Waals surface area contributed by atoms with Gasteiger partial charge < -0.3 is 19.1 Å². The molecule has 0 aliphatic carbocycles. The van der Waals surface area contributed by atoms with Crippen LogP contribution < -0.4 is 9.47 Å². The lowest BCUT2D eigenvalue weighted by Gasteiger charge is -2.39. The molecular formula is C23H35ClN2O4. The molecule has 7 heteroatoms. The van der Waals surface area contributed by atoms with Crippen molar-refractivity contribution >= 4 is 17.5 Å². The second-order valence-corrected chi connectivity index (χ2v) is 8.96. The van der Waals surface area contributed by atoms with Crippen LogP contribution in [0.15, 0.2) is 12.1 Å². The van der Waals surface area contributed by atoms with Crippen molar-refractivity contribution in [2.75, 3.05) is 46.4 Å². The molecule has 0 N–H and O–H groups in total. The van der Waals surface area contributed by atoms with E-state index in [1.807, 2.05) is 11.8 Å². The molecule has 3 rings (SSSR count). The zero-order valence-corrected chi connectivity index (χ0v) is 19.4. The van der Waals surface area contributed by atoms with Crippen molar-refractivity contribution in [1.82, 2.24) is 9.80 Å². The van der Waals surface area contributed by atoms with E-state index in [4.69, 9.17) is 25.8 Å². The minimum atomic E-state index is 0.00399. The van der Waals surface area contributed by atoms with E-state index in [0.717, 1.165) is 52.0 Å². The van der Waals surface area contributed by atoms with Crippen LogP contribution in [0.3, 0.4) is 0 Å². The first-order valence-corrected chi connectivity index (χ1v) is 11.5. The van der Waals surface area contributed by atoms with Crippen molar-refractivity contribution in [3.63, 3.8) is 0 Å². The number of morpholine rings is 1. The zero-order chi connectivity index (χ0) is 21.7. The summed E-state index contributed by atoms with van der Waals surface area (Å²) >= 11 is 6.40. The summed E-state index contributed by atoms with van der Waals surface area (Å²) in [6.07, 6.45) is 3.50. The highest BCUT2D eigenvalue weighted by atomic mass is 35.5. The highest BCUT2D eigenvalue weighted by molar-refractivity contribution is 6.32. The first-order valence-electron chi connectivity index (χ1n) is 11.1. The number of halogens is 1. The van der Waals surface area contributed by atoms with E-state index < -0.39 is 0 Å². The lowest BCUT2D eigenvalue weighted by molar-refractivity contribution is -0.0728. The van der Waals surface area contributed by atoms with Gasteiger partial charge in [0.25, 0.3) is 5.91 Å². The summed E-state index contributed by atoms with van der Waals surface area (Å²) in [4.78, 5) is 17.5. The van der Waals surface area contributed by atoms with Gasteiger partial charge in [0, 0.05) is 38.3 Å². The Balaban J connectivity index is 1.58. The average molecular weight is 439 g/mol. The normalized spacial score (nSPS) is 23.4. The summed E-state index contributed by atoms with van der Waals surface area (Å²) in [5.74, 6) is 1.63. The van der Waals surface area contributed by atoms with Gasteiger partial charge >= 0.3 is 0 Å². The minimum absolute atomic E-state index is 0.00399. The maximum absolute atomic E-state index is 13.1. The van der Waals surface area contributed by atoms with Crippen LogP contribution in [0.2, 0.25) is 5.02 Å². The van der Waals surface area contributed by atoms with Gasteiger partial charge in [-0.15, -0.1) is 0 Å². The molecule has 1 aromatic rings. The molecule has 0 bridgehead atoms. The SMILES string of the molecule is CCCOc1c(Cl)cc(C(=O)N2CCC(CN3CC(C)OC(C)C3)CC2)cc1OC. The molecule has 2 unspecified atom stereocenters. The largest absolute Gasteiger partial charge is 0.493 e. The van der Waals surface area contributed by atoms with Crippen molar-refractivity contribution in [3.05, 3.63) is 22.7 Å². The number of benzene rings is 1. The maximum Gasteiger partial charge on any atom is 0.254 e. The summed E-state index contributed by atoms with van der Waals surface area (Å²) in [6.45, 7) is 11.5. The molecule has 0 radical (unpaired) electrons. The molecule has 2 fully saturated rings. The molecule has 2 saturated heterocycles. The third kappa shape index (κ3) is 5.80. The topological polar surface area (TPSA) is 51.2 Å². The van der Waals surface area contributed by atoms with E-state index in [1.54, 1.807) is 19.2 Å². The fourth-order valence-corrected chi connectivity index (χ4v) is 4.75. The van der Waals surface area contributed by atoms with Gasteiger partial charge in [-0.25, -0.2) is 0 Å². The van der Waals surface area contributed by atoms with Gasteiger partial charge in [-0.1, -0.05) is 18.5 Å². The highest BCUT2D eigenvalue weighted by Gasteiger charge is 2.29. The number of likely N-dealkylation sites (tertiary alicyclic amines) is 1. The van der Waals surface area contributed by atoms with Gasteiger partial charge in [-0.2, -0.15) is 0 Å². The molecule has 0 saturated carbocycles. The van der Waals surface area contributed by atoms with E-state index in [0.29, 0.717) is 46.8 Å². The van der Waals surface area contributed by atoms with Gasteiger partial charge in [0.1, 0.15) is 0 Å². The smallest absolute Gasteiger partial charge is 0.254 e. The van der Waals surface area contributed by atoms with E-state index in [-0.39, 0.29) is 5.91 Å². The molecule has 168 valence electrons. The van der Waals surface area contributed by atoms with Crippen LogP contribution in [0.5, 0.6) is 11.5 Å². The Labute approximate surface area is 185 Å². The van der Waals surface area contributed by atoms with Crippen molar-refractivity contribution in [3.8, 4) is 11.5 Å². The van der Waals surface area contributed by atoms with Gasteiger partial charge in [0.2, 0.25) is 0 Å². The number of rotatable bonds is 7. The van der Waals surface area contributed by atoms with Gasteiger partial charge in [0.15, 0.2) is 11.5 Å². The number of amides is 1. The summed E-state index contributed by atoms with van der Waals surface area (Å²) < 4.78 is 17.0. The zero-order valence-electron chi connectivity index (χ0n) is 18.7. The summed E-state index contributed by atoms with van der Waals surface area (Å²) in [6, 6.07) is 3.43. The number of piperidine rings is 1. The third-order valence-corrected chi connectivity index (χ3v) is 6.12. The van der Waals surface area contributed by atoms with Crippen LogP contribution in [0.4, 0.5) is 0 Å². The van der Waals surface area contributed by atoms with E-state index >= 15 is 0 Å². The molecule has 0 spiro atoms. The Bertz CT molecular complexity index is 711. The van der Waals surface area contributed by atoms with Crippen LogP contribution in [-0.4, -0.2) is 74.4 Å². The maximum atomic E-state index is 13.1. The van der Waals surface area contributed by atoms with Crippen LogP contribution >= 0.6 is 11.6 Å². The lowest BCUT2D eigenvalue weighted by atomic mass is 9.95. The first-order chi connectivity index (χ1) is 14.4. The van der Waals surface area contributed by atoms with E-state index in [9.17, 15) is 4.79 Å². The molecule has 2 aliphatic rings. The predicted molar refractivity (Wildman–Crippen MR) is 119 cm³/mol. The Morgan fingerprint density at radius 3 is 2.47 bits per heavy atom. The molecule has 6 nitrogen and oxygen atoms in total. The van der Waals surface area contributed by atoms with Crippen molar-refractivity contribution < 1.29 is 19.0 Å². The monoisotopic (exact) mass is 438 g/mol. The molecule has 30 heavy (non-hydrogen) atoms. The van der Waals surface area contributed by atoms with Crippen molar-refractivity contribution in [2.45, 2.75) is 52.2 Å². The molecule has 1 amide bonds. The lowest BCUT2D eigenvalue weighted by Crippen LogP contribution is -2.48. The second kappa shape index (κ2) is 10.7. The Kier molecular flexibility index (Phi) is 8.26. The van der Waals surface area contributed by atoms with E-state index in [2.05, 4.69) is 18.7 Å². The third-order valence-electron chi connectivity index (χ3n) is 5.84. The van der Waals surface area contributed by atoms with E-state index in [1.165, 1.54) is 0 Å². The molecule has 0 aromatic heterocycles. The number of carbonyl (C=O) groups is 1. The van der Waals surface area contributed by atoms with Crippen LogP contribution in [0.25, 0.3) is 0 Å². The van der Waals surface area contributed by atoms with Crippen molar-refractivity contribution in [1.29, 1.82) is 0 Å². The van der Waals surface area contributed by atoms with Crippen LogP contribution in [0.1, 0.15) is 50.4 Å². The summed E-state index contributed by atoms with van der Waals surface area (Å²) in [7, 11) is 1.57. The average Bonchev–Trinajstić information content (AvgIpc) is 2.71. The molecule has 1 aromatic carbocycles. The Morgan fingerprint density at radius 2 is 1.87 bits per heavy atom. The molecule has 2 heterocycles. The molecule has 2 atom stereocenters. The molecule has 2 aliphatic heterocycles. The number of nitrogens with zero attached hydrogens (tertiary/aromatic N) is 2. The van der Waals surface area contributed by atoms with Gasteiger partial charge in [-0.05, 0) is 51.2 Å². The Hall–Kier alpha value is -1.50. The van der Waals surface area contributed by atoms with Crippen molar-refractivity contribution in [2.24, 2.45) is 5.92 Å². The van der Waals surface area contributed by atoms with Gasteiger partial charge in [0.05, 0.1) is 30.9 Å². The van der Waals surface area contributed by atoms with Gasteiger partial charge in [-0.3, -0.25) is 9.69 Å². The standard InChI is InChI=1S/C23H35ClN2O4/c1-5-10-29-22-20(24)11-19(12-21(22)28-4)23(27)26-8-6-18(7-9-26)15-25-13-16(2)30-17(3)14-25/h11-12,16-18H,5-10,13-15H2,1-4H3. The first kappa shape index (κ1) is 23.2. The fourth-order valence-electron chi connectivity index (χ4n) is 4.49. The Morgan fingerprint density at radius 1 is 1.20 bits per heavy atom. The number of methoxy groups -OCH3 is 1. The van der Waals surface area contributed by atoms with Crippen LogP contribution in [-0.2, 0) is 4.74 Å². The number of hydrogen-bond donors (Lipinski definition) is 0. The quantitative estimate of drug-likeness (QED) is 0.641. The number of ether oxygens (including phenoxy) is 3. The minimum Gasteiger partial charge on any atom is -0.493 e. The second-order valence-electron chi connectivity index (χ2n) is 8.55.